The van der Waals surface area contributed by atoms with Crippen LogP contribution in [0.3, 0.4) is 0 Å². The summed E-state index contributed by atoms with van der Waals surface area (Å²) in [5.74, 6) is 0.279. The zero-order valence-corrected chi connectivity index (χ0v) is 16.3. The molecule has 0 unspecified atom stereocenters. The van der Waals surface area contributed by atoms with Crippen molar-refractivity contribution in [2.45, 2.75) is 20.4 Å². The minimum Gasteiger partial charge on any atom is -0.496 e. The zero-order chi connectivity index (χ0) is 19.3. The minimum absolute atomic E-state index is 0.257. The topological polar surface area (TPSA) is 75.7 Å². The fourth-order valence-electron chi connectivity index (χ4n) is 2.51. The number of sulfonamides is 1. The van der Waals surface area contributed by atoms with Crippen LogP contribution in [0, 0.1) is 13.8 Å². The summed E-state index contributed by atoms with van der Waals surface area (Å²) in [7, 11) is -2.03. The number of benzene rings is 2. The van der Waals surface area contributed by atoms with Gasteiger partial charge in [0.15, 0.2) is 0 Å². The first kappa shape index (κ1) is 19.8. The lowest BCUT2D eigenvalue weighted by Gasteiger charge is -2.22. The fourth-order valence-corrected chi connectivity index (χ4v) is 3.36. The largest absolute Gasteiger partial charge is 0.496 e. The van der Waals surface area contributed by atoms with Gasteiger partial charge in [-0.15, -0.1) is 0 Å². The van der Waals surface area contributed by atoms with Crippen LogP contribution in [-0.4, -0.2) is 34.2 Å². The summed E-state index contributed by atoms with van der Waals surface area (Å²) in [4.78, 5) is 12.3. The number of aryl methyl sites for hydroxylation is 2. The molecule has 2 aromatic rings. The Bertz CT molecular complexity index is 894. The molecule has 0 aliphatic rings. The van der Waals surface area contributed by atoms with Gasteiger partial charge in [-0.05, 0) is 43.2 Å². The van der Waals surface area contributed by atoms with E-state index in [1.165, 1.54) is 0 Å². The molecule has 140 valence electrons. The molecule has 0 fully saturated rings. The summed E-state index contributed by atoms with van der Waals surface area (Å²) >= 11 is 0. The van der Waals surface area contributed by atoms with Gasteiger partial charge in [-0.3, -0.25) is 9.10 Å². The summed E-state index contributed by atoms with van der Waals surface area (Å²) in [6, 6.07) is 12.7. The van der Waals surface area contributed by atoms with Gasteiger partial charge in [0.1, 0.15) is 12.3 Å². The zero-order valence-electron chi connectivity index (χ0n) is 15.4. The van der Waals surface area contributed by atoms with Gasteiger partial charge >= 0.3 is 0 Å². The van der Waals surface area contributed by atoms with E-state index in [0.717, 1.165) is 27.3 Å². The Labute approximate surface area is 154 Å². The highest BCUT2D eigenvalue weighted by Gasteiger charge is 2.21. The van der Waals surface area contributed by atoms with Crippen molar-refractivity contribution in [2.75, 3.05) is 24.2 Å². The summed E-state index contributed by atoms with van der Waals surface area (Å²) in [5.41, 5.74) is 3.32. The molecule has 6 nitrogen and oxygen atoms in total. The van der Waals surface area contributed by atoms with Gasteiger partial charge < -0.3 is 10.1 Å². The summed E-state index contributed by atoms with van der Waals surface area (Å²) < 4.78 is 30.7. The number of methoxy groups -OCH3 is 1. The highest BCUT2D eigenvalue weighted by Crippen LogP contribution is 2.21. The highest BCUT2D eigenvalue weighted by atomic mass is 32.2. The van der Waals surface area contributed by atoms with Crippen molar-refractivity contribution < 1.29 is 17.9 Å². The number of hydrogen-bond donors (Lipinski definition) is 1. The maximum Gasteiger partial charge on any atom is 0.241 e. The van der Waals surface area contributed by atoms with Crippen molar-refractivity contribution in [1.29, 1.82) is 0 Å². The van der Waals surface area contributed by atoms with Gasteiger partial charge in [0.2, 0.25) is 15.9 Å². The number of amides is 1. The number of para-hydroxylation sites is 1. The molecule has 0 saturated carbocycles. The number of hydrogen-bond acceptors (Lipinski definition) is 4. The average molecular weight is 376 g/mol. The predicted octanol–water partition coefficient (Wildman–Crippen LogP) is 2.39. The lowest BCUT2D eigenvalue weighted by Crippen LogP contribution is -2.40. The van der Waals surface area contributed by atoms with E-state index in [1.54, 1.807) is 25.3 Å². The number of carbonyl (C=O) groups is 1. The number of rotatable bonds is 7. The van der Waals surface area contributed by atoms with Crippen molar-refractivity contribution in [2.24, 2.45) is 0 Å². The molecule has 2 aromatic carbocycles. The SMILES string of the molecule is COc1ccccc1CNC(=O)CN(c1ccc(C)c(C)c1)S(C)(=O)=O. The van der Waals surface area contributed by atoms with E-state index in [0.29, 0.717) is 11.4 Å². The molecule has 0 radical (unpaired) electrons. The van der Waals surface area contributed by atoms with Crippen LogP contribution in [0.15, 0.2) is 42.5 Å². The second-order valence-electron chi connectivity index (χ2n) is 6.13. The molecule has 0 aliphatic heterocycles. The standard InChI is InChI=1S/C19H24N2O4S/c1-14-9-10-17(11-15(14)2)21(26(4,23)24)13-19(22)20-12-16-7-5-6-8-18(16)25-3/h5-11H,12-13H2,1-4H3,(H,20,22). The third-order valence-corrected chi connectivity index (χ3v) is 5.28. The molecule has 0 atom stereocenters. The summed E-state index contributed by atoms with van der Waals surface area (Å²) in [6.07, 6.45) is 1.09. The number of nitrogens with zero attached hydrogens (tertiary/aromatic N) is 1. The highest BCUT2D eigenvalue weighted by molar-refractivity contribution is 7.92. The molecular weight excluding hydrogens is 352 g/mol. The fraction of sp³-hybridized carbons (Fsp3) is 0.316. The van der Waals surface area contributed by atoms with Crippen LogP contribution in [0.5, 0.6) is 5.75 Å². The average Bonchev–Trinajstić information content (AvgIpc) is 2.59. The first-order valence-electron chi connectivity index (χ1n) is 8.16. The quantitative estimate of drug-likeness (QED) is 0.805. The third-order valence-electron chi connectivity index (χ3n) is 4.13. The van der Waals surface area contributed by atoms with Gasteiger partial charge in [-0.2, -0.15) is 0 Å². The minimum atomic E-state index is -3.59. The van der Waals surface area contributed by atoms with Crippen LogP contribution in [0.1, 0.15) is 16.7 Å². The van der Waals surface area contributed by atoms with Crippen molar-refractivity contribution in [1.82, 2.24) is 5.32 Å². The number of nitrogens with one attached hydrogen (secondary N) is 1. The van der Waals surface area contributed by atoms with Crippen molar-refractivity contribution in [3.63, 3.8) is 0 Å². The molecule has 7 heteroatoms. The molecule has 26 heavy (non-hydrogen) atoms. The maximum absolute atomic E-state index is 12.3. The maximum atomic E-state index is 12.3. The monoisotopic (exact) mass is 376 g/mol. The van der Waals surface area contributed by atoms with Crippen LogP contribution in [0.4, 0.5) is 5.69 Å². The van der Waals surface area contributed by atoms with E-state index in [2.05, 4.69) is 5.32 Å². The first-order valence-corrected chi connectivity index (χ1v) is 10.0. The Morgan fingerprint density at radius 1 is 1.12 bits per heavy atom. The lowest BCUT2D eigenvalue weighted by atomic mass is 10.1. The molecule has 0 saturated heterocycles. The normalized spacial score (nSPS) is 11.1. The lowest BCUT2D eigenvalue weighted by molar-refractivity contribution is -0.119. The van der Waals surface area contributed by atoms with E-state index in [-0.39, 0.29) is 19.0 Å². The first-order chi connectivity index (χ1) is 12.2. The third kappa shape index (κ3) is 4.98. The summed E-state index contributed by atoms with van der Waals surface area (Å²) in [6.45, 7) is 3.83. The van der Waals surface area contributed by atoms with Crippen LogP contribution in [0.25, 0.3) is 0 Å². The van der Waals surface area contributed by atoms with Crippen molar-refractivity contribution in [3.05, 3.63) is 59.2 Å². The molecule has 0 spiro atoms. The van der Waals surface area contributed by atoms with E-state index in [1.807, 2.05) is 38.1 Å². The number of carbonyl (C=O) groups excluding carboxylic acids is 1. The molecule has 0 aromatic heterocycles. The Balaban J connectivity index is 2.13. The Morgan fingerprint density at radius 3 is 2.42 bits per heavy atom. The van der Waals surface area contributed by atoms with E-state index < -0.39 is 10.0 Å². The van der Waals surface area contributed by atoms with Gasteiger partial charge in [-0.25, -0.2) is 8.42 Å². The van der Waals surface area contributed by atoms with Gasteiger partial charge in [0.25, 0.3) is 0 Å². The Kier molecular flexibility index (Phi) is 6.26. The second-order valence-corrected chi connectivity index (χ2v) is 8.03. The van der Waals surface area contributed by atoms with Crippen LogP contribution in [0.2, 0.25) is 0 Å². The van der Waals surface area contributed by atoms with E-state index in [4.69, 9.17) is 4.74 Å². The molecule has 1 amide bonds. The predicted molar refractivity (Wildman–Crippen MR) is 103 cm³/mol. The van der Waals surface area contributed by atoms with Gasteiger partial charge in [0, 0.05) is 12.1 Å². The van der Waals surface area contributed by atoms with Crippen LogP contribution < -0.4 is 14.4 Å². The second kappa shape index (κ2) is 8.23. The molecule has 0 bridgehead atoms. The number of ether oxygens (including phenoxy) is 1. The Morgan fingerprint density at radius 2 is 1.81 bits per heavy atom. The molecule has 0 aliphatic carbocycles. The summed E-state index contributed by atoms with van der Waals surface area (Å²) in [5, 5.41) is 2.75. The molecule has 0 heterocycles. The van der Waals surface area contributed by atoms with E-state index in [9.17, 15) is 13.2 Å². The van der Waals surface area contributed by atoms with Crippen LogP contribution >= 0.6 is 0 Å². The smallest absolute Gasteiger partial charge is 0.241 e. The van der Waals surface area contributed by atoms with Crippen LogP contribution in [-0.2, 0) is 21.4 Å². The van der Waals surface area contributed by atoms with Gasteiger partial charge in [0.05, 0.1) is 19.1 Å². The Hall–Kier alpha value is -2.54. The van der Waals surface area contributed by atoms with Crippen molar-refractivity contribution in [3.8, 4) is 5.75 Å². The molecule has 1 N–H and O–H groups in total. The van der Waals surface area contributed by atoms with E-state index >= 15 is 0 Å². The molecule has 2 rings (SSSR count). The van der Waals surface area contributed by atoms with Crippen molar-refractivity contribution >= 4 is 21.6 Å². The number of anilines is 1. The van der Waals surface area contributed by atoms with Gasteiger partial charge in [-0.1, -0.05) is 24.3 Å². The molecular formula is C19H24N2O4S.